The van der Waals surface area contributed by atoms with Crippen LogP contribution < -0.4 is 0 Å². The SMILES string of the molecule is Cc1ccc(S(=O)(=O)OCCCO[C@H]2CC[C@@]3(C)C(CC[C@H]4[C@@H]5CC[C@H]([C@H](C)CCCC(C)C)[C@@]5(C)CC[C@@H]43)C2)cc1. The first-order chi connectivity index (χ1) is 19.9. The Morgan fingerprint density at radius 2 is 1.55 bits per heavy atom. The molecule has 1 unspecified atom stereocenters. The number of aryl methyl sites for hydroxylation is 1. The molecule has 0 amide bonds. The summed E-state index contributed by atoms with van der Waals surface area (Å²) in [6.45, 7) is 15.4. The monoisotopic (exact) mass is 600 g/mol. The van der Waals surface area contributed by atoms with Gasteiger partial charge in [-0.3, -0.25) is 4.18 Å². The van der Waals surface area contributed by atoms with Gasteiger partial charge in [-0.2, -0.15) is 8.42 Å². The Bertz CT molecular complexity index is 1130. The number of benzene rings is 1. The Morgan fingerprint density at radius 1 is 0.833 bits per heavy atom. The lowest BCUT2D eigenvalue weighted by Crippen LogP contribution is -2.54. The van der Waals surface area contributed by atoms with Crippen molar-refractivity contribution in [2.24, 2.45) is 52.3 Å². The van der Waals surface area contributed by atoms with E-state index in [-0.39, 0.29) is 11.5 Å². The first kappa shape index (κ1) is 32.5. The molecule has 0 aliphatic heterocycles. The third-order valence-electron chi connectivity index (χ3n) is 13.0. The summed E-state index contributed by atoms with van der Waals surface area (Å²) >= 11 is 0. The fraction of sp³-hybridized carbons (Fsp3) is 0.838. The van der Waals surface area contributed by atoms with Gasteiger partial charge in [0.25, 0.3) is 10.1 Å². The molecule has 0 saturated heterocycles. The summed E-state index contributed by atoms with van der Waals surface area (Å²) in [4.78, 5) is 0.225. The van der Waals surface area contributed by atoms with E-state index in [4.69, 9.17) is 8.92 Å². The molecule has 0 N–H and O–H groups in total. The Kier molecular flexibility index (Phi) is 10.2. The Hall–Kier alpha value is -0.910. The van der Waals surface area contributed by atoms with Crippen LogP contribution in [0.1, 0.15) is 124 Å². The van der Waals surface area contributed by atoms with Crippen molar-refractivity contribution < 1.29 is 17.3 Å². The topological polar surface area (TPSA) is 52.6 Å². The minimum absolute atomic E-state index is 0.172. The third kappa shape index (κ3) is 6.69. The molecule has 0 heterocycles. The highest BCUT2D eigenvalue weighted by atomic mass is 32.2. The first-order valence-electron chi connectivity index (χ1n) is 17.5. The number of fused-ring (bicyclic) bond motifs is 5. The highest BCUT2D eigenvalue weighted by Gasteiger charge is 2.60. The second-order valence-corrected chi connectivity index (χ2v) is 17.5. The maximum atomic E-state index is 12.5. The highest BCUT2D eigenvalue weighted by molar-refractivity contribution is 7.86. The molecule has 4 fully saturated rings. The van der Waals surface area contributed by atoms with Crippen molar-refractivity contribution in [3.63, 3.8) is 0 Å². The molecule has 42 heavy (non-hydrogen) atoms. The van der Waals surface area contributed by atoms with Gasteiger partial charge in [0.2, 0.25) is 0 Å². The zero-order chi connectivity index (χ0) is 30.1. The van der Waals surface area contributed by atoms with Crippen LogP contribution in [0.4, 0.5) is 0 Å². The van der Waals surface area contributed by atoms with Crippen molar-refractivity contribution in [1.82, 2.24) is 0 Å². The molecular weight excluding hydrogens is 540 g/mol. The standard InChI is InChI=1S/C37H60O4S/c1-26(2)9-7-10-28(4)33-17-18-34-32-16-13-29-25-30(19-21-36(29,5)35(32)20-22-37(33,34)6)40-23-8-24-41-42(38,39)31-14-11-27(3)12-15-31/h11-12,14-15,26,28-30,32-35H,7-10,13,16-25H2,1-6H3/t28-,29?,30+,32+,33-,34+,35+,36+,37-/m1/s1. The third-order valence-corrected chi connectivity index (χ3v) is 14.3. The lowest BCUT2D eigenvalue weighted by Gasteiger charge is -2.61. The van der Waals surface area contributed by atoms with Crippen molar-refractivity contribution in [3.05, 3.63) is 29.8 Å². The van der Waals surface area contributed by atoms with Crippen molar-refractivity contribution in [3.8, 4) is 0 Å². The zero-order valence-electron chi connectivity index (χ0n) is 27.6. The number of rotatable bonds is 12. The van der Waals surface area contributed by atoms with Gasteiger partial charge in [0.1, 0.15) is 0 Å². The van der Waals surface area contributed by atoms with E-state index < -0.39 is 10.1 Å². The quantitative estimate of drug-likeness (QED) is 0.177. The van der Waals surface area contributed by atoms with Crippen LogP contribution in [-0.4, -0.2) is 27.7 Å². The number of hydrogen-bond acceptors (Lipinski definition) is 4. The van der Waals surface area contributed by atoms with Gasteiger partial charge in [0, 0.05) is 6.61 Å². The lowest BCUT2D eigenvalue weighted by atomic mass is 9.44. The lowest BCUT2D eigenvalue weighted by molar-refractivity contribution is -0.137. The minimum atomic E-state index is -3.70. The van der Waals surface area contributed by atoms with Crippen molar-refractivity contribution in [2.45, 2.75) is 136 Å². The van der Waals surface area contributed by atoms with Crippen molar-refractivity contribution in [2.75, 3.05) is 13.2 Å². The molecule has 0 bridgehead atoms. The summed E-state index contributed by atoms with van der Waals surface area (Å²) in [6.07, 6.45) is 17.4. The second kappa shape index (κ2) is 13.2. The first-order valence-corrected chi connectivity index (χ1v) is 18.9. The molecule has 4 aliphatic carbocycles. The van der Waals surface area contributed by atoms with Crippen LogP contribution in [0.15, 0.2) is 29.2 Å². The van der Waals surface area contributed by atoms with Crippen molar-refractivity contribution >= 4 is 10.1 Å². The van der Waals surface area contributed by atoms with Gasteiger partial charge in [0.05, 0.1) is 17.6 Å². The summed E-state index contributed by atoms with van der Waals surface area (Å²) in [7, 11) is -3.70. The maximum absolute atomic E-state index is 12.5. The predicted octanol–water partition coefficient (Wildman–Crippen LogP) is 9.60. The molecular formula is C37H60O4S. The molecule has 5 heteroatoms. The molecule has 4 nitrogen and oxygen atoms in total. The van der Waals surface area contributed by atoms with Crippen LogP contribution in [-0.2, 0) is 19.0 Å². The van der Waals surface area contributed by atoms with E-state index in [1.807, 2.05) is 6.92 Å². The van der Waals surface area contributed by atoms with Gasteiger partial charge in [-0.05, 0) is 136 Å². The van der Waals surface area contributed by atoms with Crippen molar-refractivity contribution in [1.29, 1.82) is 0 Å². The average molecular weight is 601 g/mol. The van der Waals surface area contributed by atoms with E-state index in [2.05, 4.69) is 34.6 Å². The maximum Gasteiger partial charge on any atom is 0.296 e. The molecule has 0 aromatic heterocycles. The molecule has 1 aromatic carbocycles. The van der Waals surface area contributed by atoms with E-state index in [9.17, 15) is 8.42 Å². The van der Waals surface area contributed by atoms with Gasteiger partial charge < -0.3 is 4.74 Å². The van der Waals surface area contributed by atoms with Gasteiger partial charge in [0.15, 0.2) is 0 Å². The van der Waals surface area contributed by atoms with E-state index in [0.717, 1.165) is 53.4 Å². The molecule has 5 rings (SSSR count). The number of hydrogen-bond donors (Lipinski definition) is 0. The van der Waals surface area contributed by atoms with E-state index in [0.29, 0.717) is 30.0 Å². The predicted molar refractivity (Wildman–Crippen MR) is 172 cm³/mol. The van der Waals surface area contributed by atoms with E-state index >= 15 is 0 Å². The fourth-order valence-electron chi connectivity index (χ4n) is 10.6. The van der Waals surface area contributed by atoms with Gasteiger partial charge in [-0.15, -0.1) is 0 Å². The Labute approximate surface area is 258 Å². The smallest absolute Gasteiger partial charge is 0.296 e. The summed E-state index contributed by atoms with van der Waals surface area (Å²) in [5, 5.41) is 0. The minimum Gasteiger partial charge on any atom is -0.378 e. The van der Waals surface area contributed by atoms with Gasteiger partial charge >= 0.3 is 0 Å². The largest absolute Gasteiger partial charge is 0.378 e. The highest BCUT2D eigenvalue weighted by Crippen LogP contribution is 2.68. The van der Waals surface area contributed by atoms with Crippen LogP contribution in [0, 0.1) is 59.2 Å². The van der Waals surface area contributed by atoms with Gasteiger partial charge in [-0.25, -0.2) is 0 Å². The van der Waals surface area contributed by atoms with E-state index in [1.165, 1.54) is 70.6 Å². The molecule has 1 aromatic rings. The summed E-state index contributed by atoms with van der Waals surface area (Å²) < 4.78 is 36.6. The van der Waals surface area contributed by atoms with E-state index in [1.54, 1.807) is 24.3 Å². The average Bonchev–Trinajstić information content (AvgIpc) is 3.30. The summed E-state index contributed by atoms with van der Waals surface area (Å²) in [5.41, 5.74) is 2.07. The zero-order valence-corrected chi connectivity index (χ0v) is 28.4. The Morgan fingerprint density at radius 3 is 2.29 bits per heavy atom. The Balaban J connectivity index is 1.09. The van der Waals surface area contributed by atoms with Crippen LogP contribution in [0.5, 0.6) is 0 Å². The van der Waals surface area contributed by atoms with Crippen LogP contribution in [0.3, 0.4) is 0 Å². The molecule has 238 valence electrons. The normalized spacial score (nSPS) is 37.2. The molecule has 0 spiro atoms. The molecule has 9 atom stereocenters. The molecule has 4 saturated carbocycles. The second-order valence-electron chi connectivity index (χ2n) is 15.9. The molecule has 0 radical (unpaired) electrons. The van der Waals surface area contributed by atoms with Crippen LogP contribution in [0.25, 0.3) is 0 Å². The number of ether oxygens (including phenoxy) is 1. The van der Waals surface area contributed by atoms with Crippen LogP contribution in [0.2, 0.25) is 0 Å². The summed E-state index contributed by atoms with van der Waals surface area (Å²) in [6, 6.07) is 6.83. The van der Waals surface area contributed by atoms with Gasteiger partial charge in [-0.1, -0.05) is 71.6 Å². The van der Waals surface area contributed by atoms with Crippen LogP contribution >= 0.6 is 0 Å². The fourth-order valence-corrected chi connectivity index (χ4v) is 11.6. The molecule has 4 aliphatic rings. The summed E-state index contributed by atoms with van der Waals surface area (Å²) in [5.74, 6) is 6.18.